The molecule has 5 aliphatic rings. The van der Waals surface area contributed by atoms with E-state index in [-0.39, 0.29) is 24.4 Å². The Kier molecular flexibility index (Phi) is 8.29. The van der Waals surface area contributed by atoms with Gasteiger partial charge in [0, 0.05) is 19.3 Å². The monoisotopic (exact) mass is 553 g/mol. The molecule has 6 nitrogen and oxygen atoms in total. The van der Waals surface area contributed by atoms with Gasteiger partial charge in [0.05, 0.1) is 0 Å². The number of carbonyl (C=O) groups is 3. The maximum Gasteiger partial charge on any atom is 0.534 e. The SMILES string of the molecule is CC[C@H](/C=C/[C@@H](C)C1CC[C@H]2C3CC=C4C[C@@H](OC(=O)ON5C(=O)CCC5=O)CC[C@]4(C)[C@H]3CC[C@]12C)C(C)C. The van der Waals surface area contributed by atoms with E-state index < -0.39 is 18.0 Å². The molecule has 40 heavy (non-hydrogen) atoms. The smallest absolute Gasteiger partial charge is 0.429 e. The molecule has 1 aliphatic heterocycles. The van der Waals surface area contributed by atoms with Gasteiger partial charge in [0.2, 0.25) is 0 Å². The summed E-state index contributed by atoms with van der Waals surface area (Å²) >= 11 is 0. The number of nitrogens with zero attached hydrogens (tertiary/aromatic N) is 1. The fraction of sp³-hybridized carbons (Fsp3) is 0.794. The molecule has 222 valence electrons. The molecule has 0 aromatic carbocycles. The van der Waals surface area contributed by atoms with Crippen LogP contribution in [0.2, 0.25) is 0 Å². The van der Waals surface area contributed by atoms with Crippen molar-refractivity contribution in [2.75, 3.05) is 0 Å². The first-order valence-electron chi connectivity index (χ1n) is 16.1. The van der Waals surface area contributed by atoms with Gasteiger partial charge in [-0.2, -0.15) is 0 Å². The third kappa shape index (κ3) is 5.17. The summed E-state index contributed by atoms with van der Waals surface area (Å²) in [5.74, 6) is 4.02. The highest BCUT2D eigenvalue weighted by Crippen LogP contribution is 2.67. The second-order valence-electron chi connectivity index (χ2n) is 14.5. The highest BCUT2D eigenvalue weighted by Gasteiger charge is 2.59. The maximum atomic E-state index is 12.4. The van der Waals surface area contributed by atoms with Gasteiger partial charge in [0.25, 0.3) is 11.8 Å². The Morgan fingerprint density at radius 3 is 2.42 bits per heavy atom. The standard InChI is InChI=1S/C34H51NO5/c1-7-23(21(2)3)9-8-22(4)27-12-13-28-26-11-10-24-20-25(39-32(38)40-35-30(36)14-15-31(35)37)16-18-33(24,5)29(26)17-19-34(27,28)6/h8-10,21-23,25-29H,7,11-20H2,1-6H3/b9-8+/t22-,23-,25+,26?,27?,28+,29+,33+,34-/m1/s1. The minimum atomic E-state index is -0.946. The number of carbonyl (C=O) groups excluding carboxylic acids is 3. The van der Waals surface area contributed by atoms with Crippen LogP contribution in [-0.2, 0) is 19.2 Å². The minimum absolute atomic E-state index is 0.0805. The Hall–Kier alpha value is -2.11. The summed E-state index contributed by atoms with van der Waals surface area (Å²) < 4.78 is 5.61. The van der Waals surface area contributed by atoms with Crippen LogP contribution in [0.3, 0.4) is 0 Å². The van der Waals surface area contributed by atoms with Crippen LogP contribution in [0.25, 0.3) is 0 Å². The van der Waals surface area contributed by atoms with Crippen molar-refractivity contribution in [3.63, 3.8) is 0 Å². The molecule has 9 atom stereocenters. The number of hydrogen-bond acceptors (Lipinski definition) is 5. The van der Waals surface area contributed by atoms with E-state index in [1.54, 1.807) is 0 Å². The van der Waals surface area contributed by atoms with Crippen LogP contribution in [0.5, 0.6) is 0 Å². The van der Waals surface area contributed by atoms with Crippen molar-refractivity contribution in [2.45, 2.75) is 118 Å². The maximum absolute atomic E-state index is 12.4. The van der Waals surface area contributed by atoms with Gasteiger partial charge in [-0.1, -0.05) is 70.4 Å². The van der Waals surface area contributed by atoms with Gasteiger partial charge < -0.3 is 4.74 Å². The van der Waals surface area contributed by atoms with E-state index in [2.05, 4.69) is 59.8 Å². The highest BCUT2D eigenvalue weighted by atomic mass is 16.8. The predicted molar refractivity (Wildman–Crippen MR) is 155 cm³/mol. The van der Waals surface area contributed by atoms with Crippen molar-refractivity contribution in [3.05, 3.63) is 23.8 Å². The Morgan fingerprint density at radius 2 is 1.75 bits per heavy atom. The zero-order valence-corrected chi connectivity index (χ0v) is 25.6. The Labute approximate surface area is 241 Å². The number of hydroxylamine groups is 2. The van der Waals surface area contributed by atoms with E-state index in [9.17, 15) is 14.4 Å². The Bertz CT molecular complexity index is 1050. The molecule has 0 bridgehead atoms. The molecular weight excluding hydrogens is 502 g/mol. The molecule has 0 aromatic heterocycles. The van der Waals surface area contributed by atoms with Gasteiger partial charge in [-0.15, -0.1) is 0 Å². The molecule has 0 radical (unpaired) electrons. The Morgan fingerprint density at radius 1 is 1.02 bits per heavy atom. The second-order valence-corrected chi connectivity index (χ2v) is 14.5. The van der Waals surface area contributed by atoms with Crippen molar-refractivity contribution < 1.29 is 24.0 Å². The topological polar surface area (TPSA) is 72.9 Å². The van der Waals surface area contributed by atoms with E-state index in [0.717, 1.165) is 43.4 Å². The van der Waals surface area contributed by atoms with Gasteiger partial charge in [-0.05, 0) is 104 Å². The first-order chi connectivity index (χ1) is 19.0. The number of hydrogen-bond donors (Lipinski definition) is 0. The number of amides is 2. The van der Waals surface area contributed by atoms with E-state index in [1.165, 1.54) is 37.7 Å². The van der Waals surface area contributed by atoms with E-state index >= 15 is 0 Å². The fourth-order valence-electron chi connectivity index (χ4n) is 9.80. The summed E-state index contributed by atoms with van der Waals surface area (Å²) in [6.07, 6.45) is 16.7. The molecule has 6 heteroatoms. The number of imide groups is 1. The molecule has 0 aromatic rings. The molecule has 4 fully saturated rings. The summed E-state index contributed by atoms with van der Waals surface area (Å²) in [6.45, 7) is 14.5. The Balaban J connectivity index is 1.23. The average molecular weight is 554 g/mol. The summed E-state index contributed by atoms with van der Waals surface area (Å²) in [7, 11) is 0. The van der Waals surface area contributed by atoms with Crippen LogP contribution < -0.4 is 0 Å². The summed E-state index contributed by atoms with van der Waals surface area (Å²) in [6, 6.07) is 0. The third-order valence-corrected chi connectivity index (χ3v) is 12.2. The van der Waals surface area contributed by atoms with Crippen molar-refractivity contribution in [1.29, 1.82) is 0 Å². The molecule has 0 spiro atoms. The normalized spacial score (nSPS) is 39.0. The quantitative estimate of drug-likeness (QED) is 0.181. The zero-order chi connectivity index (χ0) is 28.8. The molecule has 0 N–H and O–H groups in total. The summed E-state index contributed by atoms with van der Waals surface area (Å²) in [4.78, 5) is 40.9. The van der Waals surface area contributed by atoms with E-state index in [4.69, 9.17) is 9.57 Å². The predicted octanol–water partition coefficient (Wildman–Crippen LogP) is 8.03. The highest BCUT2D eigenvalue weighted by molar-refractivity contribution is 6.01. The number of ether oxygens (including phenoxy) is 1. The van der Waals surface area contributed by atoms with Crippen LogP contribution in [0, 0.1) is 52.3 Å². The van der Waals surface area contributed by atoms with E-state index in [0.29, 0.717) is 34.1 Å². The first-order valence-corrected chi connectivity index (χ1v) is 16.1. The van der Waals surface area contributed by atoms with Crippen LogP contribution in [-0.4, -0.2) is 29.1 Å². The first kappa shape index (κ1) is 29.4. The molecule has 2 amide bonds. The summed E-state index contributed by atoms with van der Waals surface area (Å²) in [5.41, 5.74) is 2.00. The van der Waals surface area contributed by atoms with Gasteiger partial charge in [0.1, 0.15) is 6.10 Å². The van der Waals surface area contributed by atoms with Gasteiger partial charge >= 0.3 is 6.16 Å². The molecule has 1 heterocycles. The molecular formula is C34H51NO5. The number of allylic oxidation sites excluding steroid dienone is 3. The van der Waals surface area contributed by atoms with Gasteiger partial charge in [-0.25, -0.2) is 4.79 Å². The lowest BCUT2D eigenvalue weighted by atomic mass is 9.47. The van der Waals surface area contributed by atoms with Crippen LogP contribution in [0.4, 0.5) is 4.79 Å². The van der Waals surface area contributed by atoms with Crippen molar-refractivity contribution >= 4 is 18.0 Å². The third-order valence-electron chi connectivity index (χ3n) is 12.2. The molecule has 5 rings (SSSR count). The fourth-order valence-corrected chi connectivity index (χ4v) is 9.80. The number of fused-ring (bicyclic) bond motifs is 5. The van der Waals surface area contributed by atoms with Crippen LogP contribution in [0.1, 0.15) is 112 Å². The lowest BCUT2D eigenvalue weighted by molar-refractivity contribution is -0.179. The largest absolute Gasteiger partial charge is 0.534 e. The van der Waals surface area contributed by atoms with Crippen molar-refractivity contribution in [2.24, 2.45) is 52.3 Å². The number of rotatable bonds is 7. The van der Waals surface area contributed by atoms with Crippen molar-refractivity contribution in [1.82, 2.24) is 5.06 Å². The van der Waals surface area contributed by atoms with Crippen molar-refractivity contribution in [3.8, 4) is 0 Å². The molecule has 1 saturated heterocycles. The zero-order valence-electron chi connectivity index (χ0n) is 25.6. The molecule has 3 saturated carbocycles. The lowest BCUT2D eigenvalue weighted by Gasteiger charge is -2.58. The lowest BCUT2D eigenvalue weighted by Crippen LogP contribution is -2.51. The van der Waals surface area contributed by atoms with Crippen LogP contribution >= 0.6 is 0 Å². The molecule has 2 unspecified atom stereocenters. The van der Waals surface area contributed by atoms with Gasteiger partial charge in [-0.3, -0.25) is 14.4 Å². The molecule has 4 aliphatic carbocycles. The minimum Gasteiger partial charge on any atom is -0.429 e. The van der Waals surface area contributed by atoms with Gasteiger partial charge in [0.15, 0.2) is 0 Å². The summed E-state index contributed by atoms with van der Waals surface area (Å²) in [5, 5.41) is 0.566. The van der Waals surface area contributed by atoms with E-state index in [1.807, 2.05) is 0 Å². The second kappa shape index (κ2) is 11.3. The average Bonchev–Trinajstić information content (AvgIpc) is 3.42. The van der Waals surface area contributed by atoms with Crippen LogP contribution in [0.15, 0.2) is 23.8 Å².